The second-order valence-corrected chi connectivity index (χ2v) is 7.54. The summed E-state index contributed by atoms with van der Waals surface area (Å²) in [4.78, 5) is 24.4. The minimum absolute atomic E-state index is 0.148. The summed E-state index contributed by atoms with van der Waals surface area (Å²) in [6, 6.07) is 3.23. The SMILES string of the molecule is CC(=O)NC(C(=O)Nc1ccc2nnc(C3CCC3)n2c1)C1CCCC1. The largest absolute Gasteiger partial charge is 0.344 e. The van der Waals surface area contributed by atoms with Gasteiger partial charge in [-0.05, 0) is 43.7 Å². The first-order valence-electron chi connectivity index (χ1n) is 9.54. The molecule has 2 amide bonds. The van der Waals surface area contributed by atoms with E-state index in [1.54, 1.807) is 0 Å². The average molecular weight is 355 g/mol. The summed E-state index contributed by atoms with van der Waals surface area (Å²) in [6.45, 7) is 1.46. The molecule has 2 N–H and O–H groups in total. The fraction of sp³-hybridized carbons (Fsp3) is 0.579. The van der Waals surface area contributed by atoms with Gasteiger partial charge in [-0.3, -0.25) is 14.0 Å². The number of hydrogen-bond donors (Lipinski definition) is 2. The summed E-state index contributed by atoms with van der Waals surface area (Å²) in [5, 5.41) is 14.4. The van der Waals surface area contributed by atoms with Gasteiger partial charge in [0.2, 0.25) is 11.8 Å². The first-order chi connectivity index (χ1) is 12.6. The van der Waals surface area contributed by atoms with Crippen LogP contribution in [-0.2, 0) is 9.59 Å². The van der Waals surface area contributed by atoms with Crippen LogP contribution in [-0.4, -0.2) is 32.5 Å². The Balaban J connectivity index is 1.54. The Bertz CT molecular complexity index is 820. The molecule has 0 aliphatic heterocycles. The van der Waals surface area contributed by atoms with E-state index < -0.39 is 6.04 Å². The molecule has 2 aliphatic carbocycles. The number of nitrogens with one attached hydrogen (secondary N) is 2. The van der Waals surface area contributed by atoms with Crippen molar-refractivity contribution in [1.82, 2.24) is 19.9 Å². The molecule has 1 atom stereocenters. The van der Waals surface area contributed by atoms with Crippen LogP contribution in [0.5, 0.6) is 0 Å². The van der Waals surface area contributed by atoms with Crippen LogP contribution >= 0.6 is 0 Å². The van der Waals surface area contributed by atoms with Crippen LogP contribution in [0.2, 0.25) is 0 Å². The lowest BCUT2D eigenvalue weighted by Crippen LogP contribution is -2.47. The van der Waals surface area contributed by atoms with Gasteiger partial charge >= 0.3 is 0 Å². The molecule has 0 radical (unpaired) electrons. The Morgan fingerprint density at radius 2 is 1.88 bits per heavy atom. The van der Waals surface area contributed by atoms with Crippen molar-refractivity contribution in [2.45, 2.75) is 63.8 Å². The van der Waals surface area contributed by atoms with E-state index in [2.05, 4.69) is 20.8 Å². The first kappa shape index (κ1) is 17.0. The summed E-state index contributed by atoms with van der Waals surface area (Å²) >= 11 is 0. The second-order valence-electron chi connectivity index (χ2n) is 7.54. The molecule has 0 bridgehead atoms. The lowest BCUT2D eigenvalue weighted by atomic mass is 9.85. The van der Waals surface area contributed by atoms with Crippen LogP contribution in [0.1, 0.15) is 63.6 Å². The monoisotopic (exact) mass is 355 g/mol. The smallest absolute Gasteiger partial charge is 0.247 e. The highest BCUT2D eigenvalue weighted by molar-refractivity contribution is 5.97. The van der Waals surface area contributed by atoms with Gasteiger partial charge in [-0.25, -0.2) is 0 Å². The van der Waals surface area contributed by atoms with E-state index in [1.807, 2.05) is 22.7 Å². The quantitative estimate of drug-likeness (QED) is 0.863. The van der Waals surface area contributed by atoms with Crippen molar-refractivity contribution in [2.75, 3.05) is 5.32 Å². The highest BCUT2D eigenvalue weighted by atomic mass is 16.2. The number of anilines is 1. The Hall–Kier alpha value is -2.44. The van der Waals surface area contributed by atoms with Crippen LogP contribution in [0.4, 0.5) is 5.69 Å². The minimum Gasteiger partial charge on any atom is -0.344 e. The molecule has 2 saturated carbocycles. The van der Waals surface area contributed by atoms with Gasteiger partial charge in [0, 0.05) is 19.0 Å². The maximum absolute atomic E-state index is 12.8. The molecule has 2 heterocycles. The van der Waals surface area contributed by atoms with Crippen LogP contribution in [0.3, 0.4) is 0 Å². The topological polar surface area (TPSA) is 88.4 Å². The molecule has 2 fully saturated rings. The molecule has 7 nitrogen and oxygen atoms in total. The number of carbonyl (C=O) groups excluding carboxylic acids is 2. The maximum atomic E-state index is 12.8. The van der Waals surface area contributed by atoms with E-state index in [-0.39, 0.29) is 17.7 Å². The van der Waals surface area contributed by atoms with Crippen LogP contribution in [0, 0.1) is 5.92 Å². The molecule has 26 heavy (non-hydrogen) atoms. The number of amides is 2. The Morgan fingerprint density at radius 3 is 2.54 bits per heavy atom. The number of aromatic nitrogens is 3. The van der Waals surface area contributed by atoms with Gasteiger partial charge in [0.05, 0.1) is 5.69 Å². The minimum atomic E-state index is -0.474. The van der Waals surface area contributed by atoms with Gasteiger partial charge in [0.1, 0.15) is 11.9 Å². The number of hydrogen-bond acceptors (Lipinski definition) is 4. The van der Waals surface area contributed by atoms with Crippen molar-refractivity contribution in [1.29, 1.82) is 0 Å². The average Bonchev–Trinajstić information content (AvgIpc) is 3.21. The molecular weight excluding hydrogens is 330 g/mol. The van der Waals surface area contributed by atoms with E-state index in [9.17, 15) is 9.59 Å². The summed E-state index contributed by atoms with van der Waals surface area (Å²) in [7, 11) is 0. The van der Waals surface area contributed by atoms with Crippen molar-refractivity contribution in [3.05, 3.63) is 24.2 Å². The van der Waals surface area contributed by atoms with E-state index in [4.69, 9.17) is 0 Å². The highest BCUT2D eigenvalue weighted by Crippen LogP contribution is 2.35. The van der Waals surface area contributed by atoms with E-state index in [1.165, 1.54) is 13.3 Å². The summed E-state index contributed by atoms with van der Waals surface area (Å²) < 4.78 is 1.97. The molecule has 0 saturated heterocycles. The molecule has 0 aromatic carbocycles. The third-order valence-electron chi connectivity index (χ3n) is 5.68. The van der Waals surface area contributed by atoms with Gasteiger partial charge in [0.15, 0.2) is 5.65 Å². The zero-order valence-electron chi connectivity index (χ0n) is 15.1. The standard InChI is InChI=1S/C19H25N5O2/c1-12(25)20-17(13-5-2-3-6-13)19(26)21-15-9-10-16-22-23-18(24(16)11-15)14-7-4-8-14/h9-11,13-14,17H,2-8H2,1H3,(H,20,25)(H,21,26). The summed E-state index contributed by atoms with van der Waals surface area (Å²) in [6.07, 6.45) is 9.60. The van der Waals surface area contributed by atoms with Crippen molar-refractivity contribution in [3.8, 4) is 0 Å². The number of fused-ring (bicyclic) bond motifs is 1. The predicted molar refractivity (Wildman–Crippen MR) is 97.8 cm³/mol. The van der Waals surface area contributed by atoms with Crippen molar-refractivity contribution < 1.29 is 9.59 Å². The van der Waals surface area contributed by atoms with E-state index in [0.29, 0.717) is 11.6 Å². The van der Waals surface area contributed by atoms with Crippen molar-refractivity contribution in [3.63, 3.8) is 0 Å². The molecule has 2 aliphatic rings. The van der Waals surface area contributed by atoms with Crippen LogP contribution in [0.25, 0.3) is 5.65 Å². The van der Waals surface area contributed by atoms with Gasteiger partial charge in [-0.2, -0.15) is 0 Å². The summed E-state index contributed by atoms with van der Waals surface area (Å²) in [5.41, 5.74) is 1.50. The van der Waals surface area contributed by atoms with Gasteiger partial charge in [0.25, 0.3) is 0 Å². The second kappa shape index (κ2) is 7.05. The summed E-state index contributed by atoms with van der Waals surface area (Å²) in [5.74, 6) is 1.32. The zero-order valence-corrected chi connectivity index (χ0v) is 15.1. The van der Waals surface area contributed by atoms with E-state index in [0.717, 1.165) is 50.0 Å². The number of nitrogens with zero attached hydrogens (tertiary/aromatic N) is 3. The first-order valence-corrected chi connectivity index (χ1v) is 9.54. The number of pyridine rings is 1. The lowest BCUT2D eigenvalue weighted by molar-refractivity contribution is -0.126. The van der Waals surface area contributed by atoms with Gasteiger partial charge in [-0.1, -0.05) is 19.3 Å². The fourth-order valence-electron chi connectivity index (χ4n) is 4.05. The fourth-order valence-corrected chi connectivity index (χ4v) is 4.05. The van der Waals surface area contributed by atoms with Crippen LogP contribution in [0.15, 0.2) is 18.3 Å². The molecule has 1 unspecified atom stereocenters. The Kier molecular flexibility index (Phi) is 4.61. The molecule has 0 spiro atoms. The molecule has 4 rings (SSSR count). The number of carbonyl (C=O) groups is 2. The third kappa shape index (κ3) is 3.30. The lowest BCUT2D eigenvalue weighted by Gasteiger charge is -2.24. The number of rotatable bonds is 5. The maximum Gasteiger partial charge on any atom is 0.247 e. The van der Waals surface area contributed by atoms with E-state index >= 15 is 0 Å². The van der Waals surface area contributed by atoms with Crippen molar-refractivity contribution >= 4 is 23.1 Å². The third-order valence-corrected chi connectivity index (χ3v) is 5.68. The zero-order chi connectivity index (χ0) is 18.1. The van der Waals surface area contributed by atoms with Gasteiger partial charge < -0.3 is 10.6 Å². The molecule has 138 valence electrons. The normalized spacial score (nSPS) is 19.3. The van der Waals surface area contributed by atoms with Crippen LogP contribution < -0.4 is 10.6 Å². The predicted octanol–water partition coefficient (Wildman–Crippen LogP) is 2.63. The molecule has 2 aromatic heterocycles. The Labute approximate surface area is 152 Å². The highest BCUT2D eigenvalue weighted by Gasteiger charge is 2.31. The molecule has 2 aromatic rings. The molecule has 7 heteroatoms. The molecular formula is C19H25N5O2. The van der Waals surface area contributed by atoms with Crippen molar-refractivity contribution in [2.24, 2.45) is 5.92 Å². The van der Waals surface area contributed by atoms with Gasteiger partial charge in [-0.15, -0.1) is 10.2 Å². The Morgan fingerprint density at radius 1 is 1.12 bits per heavy atom.